The quantitative estimate of drug-likeness (QED) is 0.806. The first-order valence-corrected chi connectivity index (χ1v) is 5.68. The minimum atomic E-state index is -4.48. The van der Waals surface area contributed by atoms with Gasteiger partial charge in [0.15, 0.2) is 5.78 Å². The third kappa shape index (κ3) is 3.75. The number of halogens is 3. The minimum absolute atomic E-state index is 0.200. The van der Waals surface area contributed by atoms with Gasteiger partial charge in [-0.2, -0.15) is 13.2 Å². The Morgan fingerprint density at radius 2 is 1.94 bits per heavy atom. The summed E-state index contributed by atoms with van der Waals surface area (Å²) < 4.78 is 42.9. The second kappa shape index (κ2) is 5.89. The molecule has 0 aliphatic rings. The van der Waals surface area contributed by atoms with E-state index >= 15 is 0 Å². The van der Waals surface area contributed by atoms with Crippen molar-refractivity contribution in [2.45, 2.75) is 26.4 Å². The average molecular weight is 260 g/mol. The largest absolute Gasteiger partial charge is 0.485 e. The molecule has 1 atom stereocenters. The van der Waals surface area contributed by atoms with Crippen LogP contribution in [-0.4, -0.2) is 12.4 Å². The van der Waals surface area contributed by atoms with E-state index in [4.69, 9.17) is 4.74 Å². The molecule has 1 rings (SSSR count). The summed E-state index contributed by atoms with van der Waals surface area (Å²) in [6, 6.07) is 4.88. The molecule has 0 amide bonds. The van der Waals surface area contributed by atoms with Crippen molar-refractivity contribution < 1.29 is 22.7 Å². The summed E-state index contributed by atoms with van der Waals surface area (Å²) in [6.07, 6.45) is -3.83. The number of hydrogen-bond acceptors (Lipinski definition) is 2. The lowest BCUT2D eigenvalue weighted by Gasteiger charge is -2.14. The fourth-order valence-corrected chi connectivity index (χ4v) is 1.35. The van der Waals surface area contributed by atoms with Gasteiger partial charge in [-0.05, 0) is 18.6 Å². The van der Waals surface area contributed by atoms with E-state index in [0.29, 0.717) is 6.42 Å². The smallest absolute Gasteiger partial charge is 0.419 e. The minimum Gasteiger partial charge on any atom is -0.485 e. The monoisotopic (exact) mass is 260 g/mol. The Kier molecular flexibility index (Phi) is 4.76. The first-order chi connectivity index (χ1) is 8.36. The number of ketones is 1. The zero-order chi connectivity index (χ0) is 13.8. The second-order valence-electron chi connectivity index (χ2n) is 4.06. The van der Waals surface area contributed by atoms with Crippen LogP contribution in [0.4, 0.5) is 13.2 Å². The van der Waals surface area contributed by atoms with E-state index in [2.05, 4.69) is 0 Å². The molecule has 0 aliphatic carbocycles. The molecule has 0 fully saturated rings. The first kappa shape index (κ1) is 14.5. The van der Waals surface area contributed by atoms with Crippen molar-refractivity contribution in [3.8, 4) is 5.75 Å². The molecule has 0 heterocycles. The lowest BCUT2D eigenvalue weighted by Crippen LogP contribution is -2.20. The Labute approximate surface area is 104 Å². The van der Waals surface area contributed by atoms with Gasteiger partial charge in [-0.1, -0.05) is 26.0 Å². The topological polar surface area (TPSA) is 26.3 Å². The highest BCUT2D eigenvalue weighted by molar-refractivity contribution is 5.82. The van der Waals surface area contributed by atoms with Crippen LogP contribution in [0.25, 0.3) is 0 Å². The molecule has 5 heteroatoms. The number of para-hydroxylation sites is 1. The van der Waals surface area contributed by atoms with E-state index in [1.54, 1.807) is 6.92 Å². The van der Waals surface area contributed by atoms with E-state index in [1.807, 2.05) is 6.92 Å². The van der Waals surface area contributed by atoms with Crippen LogP contribution in [0.2, 0.25) is 0 Å². The SMILES string of the molecule is CCC(C)C(=O)COc1ccccc1C(F)(F)F. The van der Waals surface area contributed by atoms with Crippen LogP contribution in [0.1, 0.15) is 25.8 Å². The molecular weight excluding hydrogens is 245 g/mol. The van der Waals surface area contributed by atoms with Gasteiger partial charge in [-0.15, -0.1) is 0 Å². The van der Waals surface area contributed by atoms with Crippen LogP contribution in [0, 0.1) is 5.92 Å². The Hall–Kier alpha value is -1.52. The van der Waals surface area contributed by atoms with E-state index in [9.17, 15) is 18.0 Å². The summed E-state index contributed by atoms with van der Waals surface area (Å²) in [7, 11) is 0. The van der Waals surface area contributed by atoms with Crippen molar-refractivity contribution in [3.63, 3.8) is 0 Å². The first-order valence-electron chi connectivity index (χ1n) is 5.68. The van der Waals surface area contributed by atoms with Crippen molar-refractivity contribution in [2.24, 2.45) is 5.92 Å². The third-order valence-electron chi connectivity index (χ3n) is 2.72. The number of alkyl halides is 3. The van der Waals surface area contributed by atoms with Gasteiger partial charge in [0, 0.05) is 5.92 Å². The van der Waals surface area contributed by atoms with Crippen molar-refractivity contribution >= 4 is 5.78 Å². The average Bonchev–Trinajstić information content (AvgIpc) is 2.34. The normalized spacial score (nSPS) is 13.2. The second-order valence-corrected chi connectivity index (χ2v) is 4.06. The number of Topliss-reactive ketones (excluding diaryl/α,β-unsaturated/α-hetero) is 1. The highest BCUT2D eigenvalue weighted by Gasteiger charge is 2.34. The maximum absolute atomic E-state index is 12.6. The summed E-state index contributed by atoms with van der Waals surface area (Å²) in [4.78, 5) is 11.5. The molecule has 1 aromatic rings. The van der Waals surface area contributed by atoms with Gasteiger partial charge in [0.2, 0.25) is 0 Å². The molecule has 2 nitrogen and oxygen atoms in total. The molecular formula is C13H15F3O2. The van der Waals surface area contributed by atoms with Crippen LogP contribution >= 0.6 is 0 Å². The maximum Gasteiger partial charge on any atom is 0.419 e. The van der Waals surface area contributed by atoms with Gasteiger partial charge >= 0.3 is 6.18 Å². The Morgan fingerprint density at radius 3 is 2.50 bits per heavy atom. The molecule has 0 aromatic heterocycles. The molecule has 0 saturated heterocycles. The van der Waals surface area contributed by atoms with Crippen molar-refractivity contribution in [1.29, 1.82) is 0 Å². The molecule has 0 aliphatic heterocycles. The third-order valence-corrected chi connectivity index (χ3v) is 2.72. The number of carbonyl (C=O) groups excluding carboxylic acids is 1. The molecule has 100 valence electrons. The molecule has 1 aromatic carbocycles. The predicted molar refractivity (Wildman–Crippen MR) is 61.4 cm³/mol. The molecule has 0 spiro atoms. The highest BCUT2D eigenvalue weighted by atomic mass is 19.4. The van der Waals surface area contributed by atoms with E-state index < -0.39 is 11.7 Å². The predicted octanol–water partition coefficient (Wildman–Crippen LogP) is 3.70. The van der Waals surface area contributed by atoms with E-state index in [0.717, 1.165) is 6.07 Å². The molecule has 0 N–H and O–H groups in total. The Morgan fingerprint density at radius 1 is 1.33 bits per heavy atom. The number of hydrogen-bond donors (Lipinski definition) is 0. The number of rotatable bonds is 5. The van der Waals surface area contributed by atoms with E-state index in [1.165, 1.54) is 18.2 Å². The number of carbonyl (C=O) groups is 1. The van der Waals surface area contributed by atoms with Gasteiger partial charge in [-0.3, -0.25) is 4.79 Å². The summed E-state index contributed by atoms with van der Waals surface area (Å²) >= 11 is 0. The zero-order valence-corrected chi connectivity index (χ0v) is 10.3. The number of benzene rings is 1. The van der Waals surface area contributed by atoms with Gasteiger partial charge < -0.3 is 4.74 Å². The van der Waals surface area contributed by atoms with Crippen molar-refractivity contribution in [3.05, 3.63) is 29.8 Å². The summed E-state index contributed by atoms with van der Waals surface area (Å²) in [5, 5.41) is 0. The van der Waals surface area contributed by atoms with Gasteiger partial charge in [0.25, 0.3) is 0 Å². The Balaban J connectivity index is 2.77. The molecule has 0 radical (unpaired) electrons. The molecule has 18 heavy (non-hydrogen) atoms. The van der Waals surface area contributed by atoms with E-state index in [-0.39, 0.29) is 24.1 Å². The lowest BCUT2D eigenvalue weighted by molar-refractivity contribution is -0.139. The van der Waals surface area contributed by atoms with Crippen LogP contribution in [0.3, 0.4) is 0 Å². The fraction of sp³-hybridized carbons (Fsp3) is 0.462. The van der Waals surface area contributed by atoms with Crippen LogP contribution in [0.15, 0.2) is 24.3 Å². The fourth-order valence-electron chi connectivity index (χ4n) is 1.35. The van der Waals surface area contributed by atoms with Gasteiger partial charge in [0.05, 0.1) is 5.56 Å². The number of ether oxygens (including phenoxy) is 1. The molecule has 0 bridgehead atoms. The van der Waals surface area contributed by atoms with Crippen molar-refractivity contribution in [2.75, 3.05) is 6.61 Å². The van der Waals surface area contributed by atoms with Gasteiger partial charge in [0.1, 0.15) is 12.4 Å². The summed E-state index contributed by atoms with van der Waals surface area (Å²) in [5.74, 6) is -0.709. The summed E-state index contributed by atoms with van der Waals surface area (Å²) in [6.45, 7) is 3.23. The van der Waals surface area contributed by atoms with Crippen LogP contribution in [-0.2, 0) is 11.0 Å². The Bertz CT molecular complexity index is 413. The molecule has 1 unspecified atom stereocenters. The van der Waals surface area contributed by atoms with Crippen molar-refractivity contribution in [1.82, 2.24) is 0 Å². The van der Waals surface area contributed by atoms with Gasteiger partial charge in [-0.25, -0.2) is 0 Å². The van der Waals surface area contributed by atoms with Crippen LogP contribution in [0.5, 0.6) is 5.75 Å². The molecule has 0 saturated carbocycles. The van der Waals surface area contributed by atoms with Crippen LogP contribution < -0.4 is 4.74 Å². The lowest BCUT2D eigenvalue weighted by atomic mass is 10.0. The zero-order valence-electron chi connectivity index (χ0n) is 10.3. The summed E-state index contributed by atoms with van der Waals surface area (Å²) in [5.41, 5.74) is -0.859. The standard InChI is InChI=1S/C13H15F3O2/c1-3-9(2)11(17)8-18-12-7-5-4-6-10(12)13(14,15)16/h4-7,9H,3,8H2,1-2H3. The maximum atomic E-state index is 12.6. The highest BCUT2D eigenvalue weighted by Crippen LogP contribution is 2.35.